The Bertz CT molecular complexity index is 418. The predicted molar refractivity (Wildman–Crippen MR) is 61.3 cm³/mol. The first-order chi connectivity index (χ1) is 7.57. The lowest BCUT2D eigenvalue weighted by Crippen LogP contribution is -2.09. The molecule has 3 heteroatoms. The van der Waals surface area contributed by atoms with E-state index >= 15 is 0 Å². The molecular weight excluding hydrogens is 207 g/mol. The monoisotopic (exact) mass is 222 g/mol. The maximum absolute atomic E-state index is 13.6. The van der Waals surface area contributed by atoms with E-state index in [-0.39, 0.29) is 6.61 Å². The first kappa shape index (κ1) is 12.4. The molecule has 0 aliphatic carbocycles. The molecule has 86 valence electrons. The van der Waals surface area contributed by atoms with Gasteiger partial charge in [0, 0.05) is 5.56 Å². The van der Waals surface area contributed by atoms with Crippen molar-refractivity contribution in [1.29, 1.82) is 0 Å². The zero-order valence-electron chi connectivity index (χ0n) is 9.71. The van der Waals surface area contributed by atoms with Crippen molar-refractivity contribution in [2.75, 3.05) is 6.61 Å². The highest BCUT2D eigenvalue weighted by Crippen LogP contribution is 2.22. The molecule has 0 N–H and O–H groups in total. The molecule has 1 rings (SSSR count). The molecule has 0 aliphatic rings. The second-order valence-electron chi connectivity index (χ2n) is 3.58. The summed E-state index contributed by atoms with van der Waals surface area (Å²) < 4.78 is 18.5. The molecule has 0 bridgehead atoms. The van der Waals surface area contributed by atoms with Crippen molar-refractivity contribution in [2.45, 2.75) is 20.8 Å². The largest absolute Gasteiger partial charge is 0.462 e. The van der Waals surface area contributed by atoms with E-state index in [2.05, 4.69) is 0 Å². The summed E-state index contributed by atoms with van der Waals surface area (Å²) in [6.45, 7) is 5.53. The van der Waals surface area contributed by atoms with Gasteiger partial charge in [0.25, 0.3) is 0 Å². The molecule has 0 heterocycles. The second-order valence-corrected chi connectivity index (χ2v) is 3.58. The van der Waals surface area contributed by atoms with Crippen molar-refractivity contribution in [2.24, 2.45) is 0 Å². The van der Waals surface area contributed by atoms with Crippen LogP contribution in [0.3, 0.4) is 0 Å². The van der Waals surface area contributed by atoms with Crippen LogP contribution in [0.5, 0.6) is 0 Å². The SMILES string of the molecule is CCOC(=O)C(=C(C)C)c1ccccc1F. The number of hydrogen-bond donors (Lipinski definition) is 0. The van der Waals surface area contributed by atoms with Crippen LogP contribution in [-0.4, -0.2) is 12.6 Å². The van der Waals surface area contributed by atoms with Crippen LogP contribution in [0.4, 0.5) is 4.39 Å². The standard InChI is InChI=1S/C13H15FO2/c1-4-16-13(15)12(9(2)3)10-7-5-6-8-11(10)14/h5-8H,4H2,1-3H3. The fraction of sp³-hybridized carbons (Fsp3) is 0.308. The number of benzene rings is 1. The van der Waals surface area contributed by atoms with Gasteiger partial charge >= 0.3 is 5.97 Å². The Labute approximate surface area is 94.7 Å². The molecule has 0 unspecified atom stereocenters. The minimum Gasteiger partial charge on any atom is -0.462 e. The van der Waals surface area contributed by atoms with Gasteiger partial charge in [0.1, 0.15) is 5.82 Å². The summed E-state index contributed by atoms with van der Waals surface area (Å²) >= 11 is 0. The molecule has 0 aromatic heterocycles. The summed E-state index contributed by atoms with van der Waals surface area (Å²) in [6.07, 6.45) is 0. The number of allylic oxidation sites excluding steroid dienone is 1. The maximum Gasteiger partial charge on any atom is 0.338 e. The second kappa shape index (κ2) is 5.45. The molecule has 2 nitrogen and oxygen atoms in total. The lowest BCUT2D eigenvalue weighted by atomic mass is 10.0. The summed E-state index contributed by atoms with van der Waals surface area (Å²) in [5.74, 6) is -0.889. The zero-order valence-corrected chi connectivity index (χ0v) is 9.71. The fourth-order valence-corrected chi connectivity index (χ4v) is 1.45. The van der Waals surface area contributed by atoms with Crippen molar-refractivity contribution in [3.63, 3.8) is 0 Å². The highest BCUT2D eigenvalue weighted by atomic mass is 19.1. The lowest BCUT2D eigenvalue weighted by Gasteiger charge is -2.10. The van der Waals surface area contributed by atoms with Gasteiger partial charge in [-0.05, 0) is 26.8 Å². The van der Waals surface area contributed by atoms with E-state index in [0.717, 1.165) is 5.57 Å². The number of hydrogen-bond acceptors (Lipinski definition) is 2. The van der Waals surface area contributed by atoms with Crippen LogP contribution in [0.2, 0.25) is 0 Å². The van der Waals surface area contributed by atoms with E-state index < -0.39 is 11.8 Å². The molecule has 16 heavy (non-hydrogen) atoms. The highest BCUT2D eigenvalue weighted by molar-refractivity contribution is 6.17. The zero-order chi connectivity index (χ0) is 12.1. The molecule has 0 aliphatic heterocycles. The van der Waals surface area contributed by atoms with Crippen molar-refractivity contribution in [1.82, 2.24) is 0 Å². The maximum atomic E-state index is 13.6. The lowest BCUT2D eigenvalue weighted by molar-refractivity contribution is -0.136. The predicted octanol–water partition coefficient (Wildman–Crippen LogP) is 3.18. The Morgan fingerprint density at radius 2 is 1.94 bits per heavy atom. The molecule has 0 amide bonds. The number of rotatable bonds is 3. The number of esters is 1. The Balaban J connectivity index is 3.21. The molecule has 0 atom stereocenters. The molecule has 0 fully saturated rings. The summed E-state index contributed by atoms with van der Waals surface area (Å²) in [6, 6.07) is 6.19. The van der Waals surface area contributed by atoms with Crippen LogP contribution in [0.25, 0.3) is 5.57 Å². The van der Waals surface area contributed by atoms with E-state index in [1.807, 2.05) is 0 Å². The third-order valence-corrected chi connectivity index (χ3v) is 2.12. The van der Waals surface area contributed by atoms with Gasteiger partial charge in [-0.1, -0.05) is 23.8 Å². The molecule has 0 saturated heterocycles. The average molecular weight is 222 g/mol. The molecule has 0 saturated carbocycles. The molecule has 1 aromatic carbocycles. The first-order valence-corrected chi connectivity index (χ1v) is 5.17. The summed E-state index contributed by atoms with van der Waals surface area (Å²) in [4.78, 5) is 11.7. The Morgan fingerprint density at radius 1 is 1.31 bits per heavy atom. The van der Waals surface area contributed by atoms with E-state index in [1.165, 1.54) is 6.07 Å². The van der Waals surface area contributed by atoms with Gasteiger partial charge in [0.2, 0.25) is 0 Å². The number of halogens is 1. The molecule has 0 spiro atoms. The van der Waals surface area contributed by atoms with Gasteiger partial charge in [-0.3, -0.25) is 0 Å². The van der Waals surface area contributed by atoms with Gasteiger partial charge < -0.3 is 4.74 Å². The summed E-state index contributed by atoms with van der Waals surface area (Å²) in [7, 11) is 0. The Morgan fingerprint density at radius 3 is 2.44 bits per heavy atom. The number of carbonyl (C=O) groups is 1. The van der Waals surface area contributed by atoms with E-state index in [0.29, 0.717) is 11.1 Å². The average Bonchev–Trinajstić information content (AvgIpc) is 2.21. The first-order valence-electron chi connectivity index (χ1n) is 5.17. The van der Waals surface area contributed by atoms with Crippen LogP contribution in [0, 0.1) is 5.82 Å². The topological polar surface area (TPSA) is 26.3 Å². The number of carbonyl (C=O) groups excluding carboxylic acids is 1. The molecular formula is C13H15FO2. The van der Waals surface area contributed by atoms with Gasteiger partial charge in [0.05, 0.1) is 12.2 Å². The minimum atomic E-state index is -0.479. The quantitative estimate of drug-likeness (QED) is 0.580. The van der Waals surface area contributed by atoms with Crippen LogP contribution in [0.1, 0.15) is 26.3 Å². The molecule has 0 radical (unpaired) electrons. The van der Waals surface area contributed by atoms with Crippen molar-refractivity contribution in [3.8, 4) is 0 Å². The van der Waals surface area contributed by atoms with Crippen LogP contribution in [-0.2, 0) is 9.53 Å². The fourth-order valence-electron chi connectivity index (χ4n) is 1.45. The third-order valence-electron chi connectivity index (χ3n) is 2.12. The van der Waals surface area contributed by atoms with Crippen LogP contribution < -0.4 is 0 Å². The van der Waals surface area contributed by atoms with Gasteiger partial charge in [-0.25, -0.2) is 9.18 Å². The van der Waals surface area contributed by atoms with Crippen molar-refractivity contribution < 1.29 is 13.9 Å². The highest BCUT2D eigenvalue weighted by Gasteiger charge is 2.17. The van der Waals surface area contributed by atoms with Crippen LogP contribution >= 0.6 is 0 Å². The van der Waals surface area contributed by atoms with Crippen molar-refractivity contribution >= 4 is 11.5 Å². The van der Waals surface area contributed by atoms with Gasteiger partial charge in [-0.2, -0.15) is 0 Å². The van der Waals surface area contributed by atoms with Gasteiger partial charge in [0.15, 0.2) is 0 Å². The van der Waals surface area contributed by atoms with E-state index in [1.54, 1.807) is 39.0 Å². The molecule has 1 aromatic rings. The summed E-state index contributed by atoms with van der Waals surface area (Å²) in [5.41, 5.74) is 1.34. The van der Waals surface area contributed by atoms with E-state index in [9.17, 15) is 9.18 Å². The van der Waals surface area contributed by atoms with Crippen LogP contribution in [0.15, 0.2) is 29.8 Å². The van der Waals surface area contributed by atoms with Gasteiger partial charge in [-0.15, -0.1) is 0 Å². The Hall–Kier alpha value is -1.64. The normalized spacial score (nSPS) is 9.75. The van der Waals surface area contributed by atoms with Crippen molar-refractivity contribution in [3.05, 3.63) is 41.2 Å². The number of ether oxygens (including phenoxy) is 1. The van der Waals surface area contributed by atoms with E-state index in [4.69, 9.17) is 4.74 Å². The minimum absolute atomic E-state index is 0.282. The third kappa shape index (κ3) is 2.69. The summed E-state index contributed by atoms with van der Waals surface area (Å²) in [5, 5.41) is 0. The smallest absolute Gasteiger partial charge is 0.338 e. The Kier molecular flexibility index (Phi) is 4.23.